The van der Waals surface area contributed by atoms with E-state index in [1.165, 1.54) is 18.9 Å². The Morgan fingerprint density at radius 1 is 1.25 bits per heavy atom. The summed E-state index contributed by atoms with van der Waals surface area (Å²) in [4.78, 5) is 19.1. The summed E-state index contributed by atoms with van der Waals surface area (Å²) in [7, 11) is 1.54. The van der Waals surface area contributed by atoms with E-state index in [-0.39, 0.29) is 5.56 Å². The molecule has 0 aliphatic rings. The molecule has 8 heteroatoms. The van der Waals surface area contributed by atoms with Crippen LogP contribution in [0, 0.1) is 11.3 Å². The van der Waals surface area contributed by atoms with Crippen LogP contribution in [0.25, 0.3) is 11.3 Å². The average Bonchev–Trinajstić information content (AvgIpc) is 2.71. The number of aromatic nitrogens is 2. The predicted molar refractivity (Wildman–Crippen MR) is 112 cm³/mol. The molecular formula is C20H16BrN3O3S. The van der Waals surface area contributed by atoms with Crippen molar-refractivity contribution < 1.29 is 9.47 Å². The number of methoxy groups -OCH3 is 1. The molecule has 0 atom stereocenters. The molecule has 6 nitrogen and oxygen atoms in total. The van der Waals surface area contributed by atoms with Gasteiger partial charge in [-0.05, 0) is 42.2 Å². The Balaban J connectivity index is 1.95. The number of aromatic amines is 1. The molecule has 1 N–H and O–H groups in total. The number of nitrogens with one attached hydrogen (secondary N) is 1. The van der Waals surface area contributed by atoms with E-state index >= 15 is 0 Å². The molecule has 0 saturated carbocycles. The summed E-state index contributed by atoms with van der Waals surface area (Å²) in [5.41, 5.74) is 1.42. The summed E-state index contributed by atoms with van der Waals surface area (Å²) in [6, 6.07) is 15.0. The average molecular weight is 458 g/mol. The third kappa shape index (κ3) is 4.38. The van der Waals surface area contributed by atoms with Crippen LogP contribution in [0.2, 0.25) is 0 Å². The Morgan fingerprint density at radius 2 is 2.07 bits per heavy atom. The van der Waals surface area contributed by atoms with E-state index in [2.05, 4.69) is 25.9 Å². The van der Waals surface area contributed by atoms with Crippen molar-refractivity contribution >= 4 is 27.7 Å². The summed E-state index contributed by atoms with van der Waals surface area (Å²) < 4.78 is 12.3. The Hall–Kier alpha value is -2.76. The molecule has 0 aliphatic heterocycles. The van der Waals surface area contributed by atoms with Gasteiger partial charge in [0.2, 0.25) is 0 Å². The summed E-state index contributed by atoms with van der Waals surface area (Å²) in [6.45, 7) is 0.373. The molecule has 28 heavy (non-hydrogen) atoms. The number of halogens is 1. The van der Waals surface area contributed by atoms with Crippen molar-refractivity contribution in [2.24, 2.45) is 0 Å². The van der Waals surface area contributed by atoms with Crippen LogP contribution in [0.3, 0.4) is 0 Å². The van der Waals surface area contributed by atoms with Gasteiger partial charge in [0.25, 0.3) is 5.56 Å². The zero-order chi connectivity index (χ0) is 20.1. The largest absolute Gasteiger partial charge is 0.493 e. The molecule has 3 aromatic rings. The highest BCUT2D eigenvalue weighted by Gasteiger charge is 2.15. The number of nitrogens with zero attached hydrogens (tertiary/aromatic N) is 2. The van der Waals surface area contributed by atoms with E-state index in [1.54, 1.807) is 24.5 Å². The maximum absolute atomic E-state index is 12.1. The Kier molecular flexibility index (Phi) is 6.39. The normalized spacial score (nSPS) is 10.4. The zero-order valence-corrected chi connectivity index (χ0v) is 17.6. The molecular weight excluding hydrogens is 442 g/mol. The van der Waals surface area contributed by atoms with Gasteiger partial charge in [0.1, 0.15) is 18.2 Å². The molecule has 0 spiro atoms. The van der Waals surface area contributed by atoms with Crippen LogP contribution in [0.15, 0.2) is 56.9 Å². The molecule has 0 radical (unpaired) electrons. The summed E-state index contributed by atoms with van der Waals surface area (Å²) in [6.07, 6.45) is 1.80. The topological polar surface area (TPSA) is 88.0 Å². The van der Waals surface area contributed by atoms with Gasteiger partial charge >= 0.3 is 0 Å². The van der Waals surface area contributed by atoms with Gasteiger partial charge in [0, 0.05) is 10.0 Å². The maximum Gasteiger partial charge on any atom is 0.270 e. The third-order valence-corrected chi connectivity index (χ3v) is 5.00. The number of thioether (sulfide) groups is 1. The monoisotopic (exact) mass is 457 g/mol. The fourth-order valence-electron chi connectivity index (χ4n) is 2.58. The number of rotatable bonds is 6. The minimum absolute atomic E-state index is 0.0392. The minimum atomic E-state index is -0.467. The van der Waals surface area contributed by atoms with Gasteiger partial charge in [0.15, 0.2) is 16.7 Å². The van der Waals surface area contributed by atoms with E-state index in [9.17, 15) is 10.1 Å². The van der Waals surface area contributed by atoms with E-state index in [1.807, 2.05) is 30.3 Å². The van der Waals surface area contributed by atoms with Crippen LogP contribution in [0.5, 0.6) is 11.5 Å². The van der Waals surface area contributed by atoms with Crippen LogP contribution >= 0.6 is 27.7 Å². The molecule has 0 bridgehead atoms. The SMILES string of the molecule is COc1cc(-c2nc(SC)[nH]c(=O)c2C#N)ccc1OCc1cccc(Br)c1. The molecule has 0 fully saturated rings. The molecule has 0 aliphatic carbocycles. The second-order valence-electron chi connectivity index (χ2n) is 5.69. The highest BCUT2D eigenvalue weighted by molar-refractivity contribution is 9.10. The van der Waals surface area contributed by atoms with Crippen LogP contribution in [0.4, 0.5) is 0 Å². The quantitative estimate of drug-likeness (QED) is 0.436. The first-order valence-corrected chi connectivity index (χ1v) is 10.2. The van der Waals surface area contributed by atoms with Crippen molar-refractivity contribution in [3.8, 4) is 28.8 Å². The number of ether oxygens (including phenoxy) is 2. The van der Waals surface area contributed by atoms with E-state index in [0.29, 0.717) is 34.5 Å². The first kappa shape index (κ1) is 20.0. The van der Waals surface area contributed by atoms with Gasteiger partial charge in [-0.15, -0.1) is 0 Å². The van der Waals surface area contributed by atoms with E-state index < -0.39 is 5.56 Å². The smallest absolute Gasteiger partial charge is 0.270 e. The van der Waals surface area contributed by atoms with Crippen molar-refractivity contribution in [2.75, 3.05) is 13.4 Å². The summed E-state index contributed by atoms with van der Waals surface area (Å²) >= 11 is 4.73. The highest BCUT2D eigenvalue weighted by atomic mass is 79.9. The number of hydrogen-bond acceptors (Lipinski definition) is 6. The van der Waals surface area contributed by atoms with Crippen LogP contribution in [-0.4, -0.2) is 23.3 Å². The molecule has 0 unspecified atom stereocenters. The van der Waals surface area contributed by atoms with Gasteiger partial charge < -0.3 is 14.5 Å². The lowest BCUT2D eigenvalue weighted by Gasteiger charge is -2.13. The van der Waals surface area contributed by atoms with Crippen molar-refractivity contribution in [3.05, 3.63) is 68.4 Å². The predicted octanol–water partition coefficient (Wildman–Crippen LogP) is 4.38. The van der Waals surface area contributed by atoms with Gasteiger partial charge in [-0.2, -0.15) is 5.26 Å². The summed E-state index contributed by atoms with van der Waals surface area (Å²) in [5.74, 6) is 1.05. The molecule has 142 valence electrons. The molecule has 2 aromatic carbocycles. The zero-order valence-electron chi connectivity index (χ0n) is 15.2. The van der Waals surface area contributed by atoms with E-state index in [0.717, 1.165) is 10.0 Å². The van der Waals surface area contributed by atoms with Crippen LogP contribution in [0.1, 0.15) is 11.1 Å². The van der Waals surface area contributed by atoms with E-state index in [4.69, 9.17) is 9.47 Å². The van der Waals surface area contributed by atoms with Crippen molar-refractivity contribution in [2.45, 2.75) is 11.8 Å². The molecule has 3 rings (SSSR count). The van der Waals surface area contributed by atoms with Crippen LogP contribution in [-0.2, 0) is 6.61 Å². The fraction of sp³-hybridized carbons (Fsp3) is 0.150. The number of H-pyrrole nitrogens is 1. The van der Waals surface area contributed by atoms with Crippen molar-refractivity contribution in [1.82, 2.24) is 9.97 Å². The number of benzene rings is 2. The van der Waals surface area contributed by atoms with Gasteiger partial charge in [-0.1, -0.05) is 39.8 Å². The Labute approximate surface area is 174 Å². The second kappa shape index (κ2) is 8.95. The van der Waals surface area contributed by atoms with Crippen LogP contribution < -0.4 is 15.0 Å². The lowest BCUT2D eigenvalue weighted by Crippen LogP contribution is -2.14. The Bertz CT molecular complexity index is 1110. The first-order valence-electron chi connectivity index (χ1n) is 8.19. The number of nitriles is 1. The van der Waals surface area contributed by atoms with Crippen molar-refractivity contribution in [1.29, 1.82) is 5.26 Å². The molecule has 0 amide bonds. The van der Waals surface area contributed by atoms with Gasteiger partial charge in [0.05, 0.1) is 12.8 Å². The van der Waals surface area contributed by atoms with Gasteiger partial charge in [-0.3, -0.25) is 4.79 Å². The summed E-state index contributed by atoms with van der Waals surface area (Å²) in [5, 5.41) is 9.80. The number of hydrogen-bond donors (Lipinski definition) is 1. The lowest BCUT2D eigenvalue weighted by atomic mass is 10.1. The second-order valence-corrected chi connectivity index (χ2v) is 7.41. The standard InChI is InChI=1S/C20H16BrN3O3S/c1-26-17-9-13(18-15(10-22)19(25)24-20(23-18)28-2)6-7-16(17)27-11-12-4-3-5-14(21)8-12/h3-9H,11H2,1-2H3,(H,23,24,25). The molecule has 0 saturated heterocycles. The first-order chi connectivity index (χ1) is 13.5. The minimum Gasteiger partial charge on any atom is -0.493 e. The fourth-order valence-corrected chi connectivity index (χ4v) is 3.41. The molecule has 1 aromatic heterocycles. The maximum atomic E-state index is 12.1. The molecule has 1 heterocycles. The Morgan fingerprint density at radius 3 is 2.75 bits per heavy atom. The third-order valence-electron chi connectivity index (χ3n) is 3.92. The van der Waals surface area contributed by atoms with Crippen molar-refractivity contribution in [3.63, 3.8) is 0 Å². The van der Waals surface area contributed by atoms with Gasteiger partial charge in [-0.25, -0.2) is 4.98 Å². The highest BCUT2D eigenvalue weighted by Crippen LogP contribution is 2.33. The lowest BCUT2D eigenvalue weighted by molar-refractivity contribution is 0.284.